The highest BCUT2D eigenvalue weighted by molar-refractivity contribution is 6.32. The number of para-hydroxylation sites is 1. The normalized spacial score (nSPS) is 17.5. The van der Waals surface area contributed by atoms with Crippen molar-refractivity contribution in [3.8, 4) is 0 Å². The topological polar surface area (TPSA) is 74.3 Å². The SMILES string of the molecule is O=C(CN1CCCC(C(=O)Nc2ccccc2)C1)Nc1cccnc1Cl. The number of carbonyl (C=O) groups is 2. The number of rotatable bonds is 5. The summed E-state index contributed by atoms with van der Waals surface area (Å²) in [6, 6.07) is 12.8. The van der Waals surface area contributed by atoms with Crippen LogP contribution in [0.4, 0.5) is 11.4 Å². The zero-order valence-corrected chi connectivity index (χ0v) is 15.1. The van der Waals surface area contributed by atoms with Crippen molar-refractivity contribution >= 4 is 34.8 Å². The molecule has 1 aromatic carbocycles. The number of nitrogens with zero attached hydrogens (tertiary/aromatic N) is 2. The zero-order valence-electron chi connectivity index (χ0n) is 14.3. The molecule has 0 radical (unpaired) electrons. The van der Waals surface area contributed by atoms with Gasteiger partial charge in [0, 0.05) is 18.4 Å². The van der Waals surface area contributed by atoms with E-state index in [4.69, 9.17) is 11.6 Å². The third-order valence-electron chi connectivity index (χ3n) is 4.32. The van der Waals surface area contributed by atoms with Crippen molar-refractivity contribution in [2.24, 2.45) is 5.92 Å². The first-order chi connectivity index (χ1) is 12.6. The van der Waals surface area contributed by atoms with Gasteiger partial charge in [-0.1, -0.05) is 29.8 Å². The molecule has 0 spiro atoms. The lowest BCUT2D eigenvalue weighted by molar-refractivity contribution is -0.123. The summed E-state index contributed by atoms with van der Waals surface area (Å²) < 4.78 is 0. The lowest BCUT2D eigenvalue weighted by Gasteiger charge is -2.31. The molecule has 1 atom stereocenters. The van der Waals surface area contributed by atoms with E-state index < -0.39 is 0 Å². The second kappa shape index (κ2) is 8.78. The molecule has 2 amide bonds. The molecule has 0 saturated carbocycles. The number of halogens is 1. The molecule has 1 aliphatic heterocycles. The summed E-state index contributed by atoms with van der Waals surface area (Å²) in [5, 5.41) is 5.97. The van der Waals surface area contributed by atoms with Crippen molar-refractivity contribution in [1.29, 1.82) is 0 Å². The highest BCUT2D eigenvalue weighted by Gasteiger charge is 2.27. The summed E-state index contributed by atoms with van der Waals surface area (Å²) in [6.45, 7) is 1.58. The highest BCUT2D eigenvalue weighted by atomic mass is 35.5. The Hall–Kier alpha value is -2.44. The van der Waals surface area contributed by atoms with Crippen LogP contribution in [0.15, 0.2) is 48.7 Å². The largest absolute Gasteiger partial charge is 0.326 e. The van der Waals surface area contributed by atoms with Crippen molar-refractivity contribution < 1.29 is 9.59 Å². The maximum absolute atomic E-state index is 12.5. The lowest BCUT2D eigenvalue weighted by atomic mass is 9.97. The molecule has 2 aromatic rings. The van der Waals surface area contributed by atoms with Crippen molar-refractivity contribution in [1.82, 2.24) is 9.88 Å². The van der Waals surface area contributed by atoms with Crippen LogP contribution in [0.1, 0.15) is 12.8 Å². The first-order valence-electron chi connectivity index (χ1n) is 8.60. The Bertz CT molecular complexity index is 769. The summed E-state index contributed by atoms with van der Waals surface area (Å²) >= 11 is 5.96. The Kier molecular flexibility index (Phi) is 6.20. The number of aromatic nitrogens is 1. The Morgan fingerprint density at radius 1 is 1.15 bits per heavy atom. The van der Waals surface area contributed by atoms with Crippen LogP contribution in [-0.4, -0.2) is 41.3 Å². The molecule has 1 aromatic heterocycles. The van der Waals surface area contributed by atoms with Crippen LogP contribution < -0.4 is 10.6 Å². The van der Waals surface area contributed by atoms with Gasteiger partial charge in [-0.05, 0) is 43.7 Å². The van der Waals surface area contributed by atoms with Crippen LogP contribution in [0.2, 0.25) is 5.15 Å². The summed E-state index contributed by atoms with van der Waals surface area (Å²) in [7, 11) is 0. The smallest absolute Gasteiger partial charge is 0.238 e. The molecule has 2 N–H and O–H groups in total. The van der Waals surface area contributed by atoms with E-state index in [9.17, 15) is 9.59 Å². The predicted octanol–water partition coefficient (Wildman–Crippen LogP) is 3.02. The summed E-state index contributed by atoms with van der Waals surface area (Å²) in [5.41, 5.74) is 1.29. The molecule has 0 aliphatic carbocycles. The number of benzene rings is 1. The van der Waals surface area contributed by atoms with Gasteiger partial charge in [-0.2, -0.15) is 0 Å². The Morgan fingerprint density at radius 2 is 1.96 bits per heavy atom. The molecule has 26 heavy (non-hydrogen) atoms. The van der Waals surface area contributed by atoms with Crippen molar-refractivity contribution in [2.75, 3.05) is 30.3 Å². The highest BCUT2D eigenvalue weighted by Crippen LogP contribution is 2.20. The molecule has 2 heterocycles. The van der Waals surface area contributed by atoms with Gasteiger partial charge in [-0.15, -0.1) is 0 Å². The number of amides is 2. The average molecular weight is 373 g/mol. The van der Waals surface area contributed by atoms with Gasteiger partial charge in [-0.25, -0.2) is 4.98 Å². The van der Waals surface area contributed by atoms with Gasteiger partial charge in [0.15, 0.2) is 5.15 Å². The van der Waals surface area contributed by atoms with E-state index in [1.807, 2.05) is 35.2 Å². The van der Waals surface area contributed by atoms with Crippen molar-refractivity contribution in [3.05, 3.63) is 53.8 Å². The molecule has 6 nitrogen and oxygen atoms in total. The fourth-order valence-corrected chi connectivity index (χ4v) is 3.22. The number of likely N-dealkylation sites (tertiary alicyclic amines) is 1. The minimum absolute atomic E-state index is 0.00314. The molecule has 136 valence electrons. The van der Waals surface area contributed by atoms with E-state index >= 15 is 0 Å². The molecule has 3 rings (SSSR count). The minimum Gasteiger partial charge on any atom is -0.326 e. The third-order valence-corrected chi connectivity index (χ3v) is 4.62. The van der Waals surface area contributed by atoms with E-state index in [0.29, 0.717) is 12.2 Å². The number of pyridine rings is 1. The fraction of sp³-hybridized carbons (Fsp3) is 0.316. The van der Waals surface area contributed by atoms with Gasteiger partial charge < -0.3 is 10.6 Å². The van der Waals surface area contributed by atoms with Crippen LogP contribution in [0.3, 0.4) is 0 Å². The molecule has 1 aliphatic rings. The molecule has 1 fully saturated rings. The van der Waals surface area contributed by atoms with E-state index in [2.05, 4.69) is 15.6 Å². The number of hydrogen-bond acceptors (Lipinski definition) is 4. The molecule has 7 heteroatoms. The van der Waals surface area contributed by atoms with E-state index in [1.165, 1.54) is 0 Å². The fourth-order valence-electron chi connectivity index (χ4n) is 3.05. The Morgan fingerprint density at radius 3 is 2.73 bits per heavy atom. The van der Waals surface area contributed by atoms with Crippen molar-refractivity contribution in [3.63, 3.8) is 0 Å². The molecule has 1 saturated heterocycles. The van der Waals surface area contributed by atoms with Gasteiger partial charge in [0.25, 0.3) is 0 Å². The van der Waals surface area contributed by atoms with E-state index in [0.717, 1.165) is 25.1 Å². The third kappa shape index (κ3) is 5.03. The second-order valence-electron chi connectivity index (χ2n) is 6.32. The predicted molar refractivity (Wildman–Crippen MR) is 102 cm³/mol. The second-order valence-corrected chi connectivity index (χ2v) is 6.68. The Labute approximate surface area is 157 Å². The maximum Gasteiger partial charge on any atom is 0.238 e. The standard InChI is InChI=1S/C19H21ClN4O2/c20-18-16(9-4-10-21-18)23-17(25)13-24-11-5-6-14(12-24)19(26)22-15-7-2-1-3-8-15/h1-4,7-10,14H,5-6,11-13H2,(H,22,26)(H,23,25). The average Bonchev–Trinajstić information content (AvgIpc) is 2.64. The van der Waals surface area contributed by atoms with Gasteiger partial charge in [0.05, 0.1) is 18.2 Å². The summed E-state index contributed by atoms with van der Waals surface area (Å²) in [6.07, 6.45) is 3.28. The number of nitrogens with one attached hydrogen (secondary N) is 2. The van der Waals surface area contributed by atoms with Gasteiger partial charge in [0.1, 0.15) is 0 Å². The monoisotopic (exact) mass is 372 g/mol. The van der Waals surface area contributed by atoms with Gasteiger partial charge >= 0.3 is 0 Å². The maximum atomic E-state index is 12.5. The molecule has 0 bridgehead atoms. The summed E-state index contributed by atoms with van der Waals surface area (Å²) in [4.78, 5) is 30.7. The van der Waals surface area contributed by atoms with Crippen LogP contribution in [0, 0.1) is 5.92 Å². The zero-order chi connectivity index (χ0) is 18.4. The number of hydrogen-bond donors (Lipinski definition) is 2. The van der Waals surface area contributed by atoms with E-state index in [-0.39, 0.29) is 29.4 Å². The summed E-state index contributed by atoms with van der Waals surface area (Å²) in [5.74, 6) is -0.292. The van der Waals surface area contributed by atoms with Crippen molar-refractivity contribution in [2.45, 2.75) is 12.8 Å². The molecular formula is C19H21ClN4O2. The number of carbonyl (C=O) groups excluding carboxylic acids is 2. The Balaban J connectivity index is 1.52. The van der Waals surface area contributed by atoms with Crippen LogP contribution in [-0.2, 0) is 9.59 Å². The number of anilines is 2. The first-order valence-corrected chi connectivity index (χ1v) is 8.98. The molecule has 1 unspecified atom stereocenters. The van der Waals surface area contributed by atoms with Gasteiger partial charge in [0.2, 0.25) is 11.8 Å². The molecular weight excluding hydrogens is 352 g/mol. The van der Waals surface area contributed by atoms with E-state index in [1.54, 1.807) is 18.3 Å². The first kappa shape index (κ1) is 18.4. The quantitative estimate of drug-likeness (QED) is 0.791. The number of piperidine rings is 1. The minimum atomic E-state index is -0.163. The van der Waals surface area contributed by atoms with Crippen LogP contribution in [0.25, 0.3) is 0 Å². The van der Waals surface area contributed by atoms with Crippen LogP contribution >= 0.6 is 11.6 Å². The lowest BCUT2D eigenvalue weighted by Crippen LogP contribution is -2.44. The van der Waals surface area contributed by atoms with Gasteiger partial charge in [-0.3, -0.25) is 14.5 Å². The van der Waals surface area contributed by atoms with Crippen LogP contribution in [0.5, 0.6) is 0 Å².